The van der Waals surface area contributed by atoms with E-state index in [0.29, 0.717) is 38.0 Å². The number of hydrogen-bond donors (Lipinski definition) is 2. The summed E-state index contributed by atoms with van der Waals surface area (Å²) in [7, 11) is -1.43. The summed E-state index contributed by atoms with van der Waals surface area (Å²) in [5.74, 6) is 3.76. The standard InChI is InChI=1S/C27H40N4O5S/c1-5-6-15-25(28-3)37(4,35)31(17-18-32)16-9-11-21(2)29-26(33)23(20-22-12-7-8-13-22)30-27(34)24-14-10-19-36-24/h5-6,10,14-15,18-19,21-23H,1,4,7-9,11-13,16-17,20H2,2-3H3,(H,29,33)(H,30,34)/b15-6-,28-25?. The quantitative estimate of drug-likeness (QED) is 0.118. The number of allylic oxidation sites excluding steroid dienone is 2. The van der Waals surface area contributed by atoms with Gasteiger partial charge < -0.3 is 19.8 Å². The Morgan fingerprint density at radius 2 is 2.05 bits per heavy atom. The topological polar surface area (TPSA) is 121 Å². The van der Waals surface area contributed by atoms with Gasteiger partial charge in [0.2, 0.25) is 5.91 Å². The highest BCUT2D eigenvalue weighted by molar-refractivity contribution is 8.12. The molecule has 9 nitrogen and oxygen atoms in total. The minimum atomic E-state index is -2.96. The first-order valence-corrected chi connectivity index (χ1v) is 14.4. The normalized spacial score (nSPS) is 17.9. The first kappa shape index (κ1) is 30.2. The lowest BCUT2D eigenvalue weighted by Gasteiger charge is -2.26. The van der Waals surface area contributed by atoms with Crippen LogP contribution in [-0.4, -0.2) is 69.7 Å². The average molecular weight is 533 g/mol. The number of amides is 2. The van der Waals surface area contributed by atoms with Gasteiger partial charge in [0.05, 0.1) is 22.5 Å². The number of nitrogens with zero attached hydrogens (tertiary/aromatic N) is 2. The molecular formula is C27H40N4O5S. The Bertz CT molecular complexity index is 1060. The molecule has 0 aliphatic heterocycles. The van der Waals surface area contributed by atoms with E-state index >= 15 is 0 Å². The molecule has 0 aromatic carbocycles. The van der Waals surface area contributed by atoms with Crippen LogP contribution in [0.25, 0.3) is 0 Å². The van der Waals surface area contributed by atoms with Crippen LogP contribution >= 0.6 is 0 Å². The minimum Gasteiger partial charge on any atom is -0.459 e. The molecule has 1 aliphatic rings. The predicted octanol–water partition coefficient (Wildman–Crippen LogP) is 3.15. The molecule has 2 rings (SSSR count). The van der Waals surface area contributed by atoms with E-state index < -0.39 is 21.7 Å². The van der Waals surface area contributed by atoms with Crippen LogP contribution in [-0.2, 0) is 19.3 Å². The number of carbonyl (C=O) groups is 3. The summed E-state index contributed by atoms with van der Waals surface area (Å²) in [5.41, 5.74) is 0. The van der Waals surface area contributed by atoms with Crippen molar-refractivity contribution in [1.29, 1.82) is 0 Å². The van der Waals surface area contributed by atoms with Gasteiger partial charge in [-0.25, -0.2) is 8.51 Å². The predicted molar refractivity (Wildman–Crippen MR) is 149 cm³/mol. The summed E-state index contributed by atoms with van der Waals surface area (Å²) >= 11 is 0. The van der Waals surface area contributed by atoms with E-state index in [9.17, 15) is 18.6 Å². The number of carbonyl (C=O) groups excluding carboxylic acids is 3. The van der Waals surface area contributed by atoms with Gasteiger partial charge in [-0.15, -0.1) is 0 Å². The van der Waals surface area contributed by atoms with E-state index in [1.807, 2.05) is 6.92 Å². The molecule has 1 heterocycles. The molecule has 1 fully saturated rings. The van der Waals surface area contributed by atoms with E-state index in [2.05, 4.69) is 28.1 Å². The number of aldehydes is 1. The van der Waals surface area contributed by atoms with Gasteiger partial charge in [-0.2, -0.15) is 0 Å². The van der Waals surface area contributed by atoms with Crippen LogP contribution in [0.4, 0.5) is 0 Å². The fourth-order valence-corrected chi connectivity index (χ4v) is 6.05. The smallest absolute Gasteiger partial charge is 0.287 e. The average Bonchev–Trinajstić information content (AvgIpc) is 3.58. The molecule has 2 amide bonds. The molecule has 0 radical (unpaired) electrons. The summed E-state index contributed by atoms with van der Waals surface area (Å²) in [5, 5.41) is 6.11. The van der Waals surface area contributed by atoms with Gasteiger partial charge in [-0.3, -0.25) is 14.6 Å². The second kappa shape index (κ2) is 15.3. The van der Waals surface area contributed by atoms with E-state index in [4.69, 9.17) is 4.42 Å². The van der Waals surface area contributed by atoms with Crippen molar-refractivity contribution in [3.63, 3.8) is 0 Å². The molecule has 0 spiro atoms. The number of nitrogens with one attached hydrogen (secondary N) is 2. The highest BCUT2D eigenvalue weighted by Gasteiger charge is 2.28. The monoisotopic (exact) mass is 532 g/mol. The second-order valence-electron chi connectivity index (χ2n) is 9.29. The number of hydrogen-bond acceptors (Lipinski definition) is 6. The van der Waals surface area contributed by atoms with Gasteiger partial charge in [0.1, 0.15) is 17.4 Å². The lowest BCUT2D eigenvalue weighted by atomic mass is 9.97. The van der Waals surface area contributed by atoms with Gasteiger partial charge in [0.25, 0.3) is 5.91 Å². The molecule has 0 bridgehead atoms. The molecule has 1 aliphatic carbocycles. The zero-order chi connectivity index (χ0) is 27.3. The molecule has 3 atom stereocenters. The van der Waals surface area contributed by atoms with Gasteiger partial charge in [-0.1, -0.05) is 44.4 Å². The Labute approximate surface area is 220 Å². The van der Waals surface area contributed by atoms with E-state index in [0.717, 1.165) is 25.7 Å². The van der Waals surface area contributed by atoms with Crippen LogP contribution in [0.15, 0.2) is 52.6 Å². The molecular weight excluding hydrogens is 492 g/mol. The number of furan rings is 1. The van der Waals surface area contributed by atoms with Crippen LogP contribution in [0.1, 0.15) is 62.4 Å². The zero-order valence-corrected chi connectivity index (χ0v) is 22.7. The van der Waals surface area contributed by atoms with Crippen molar-refractivity contribution in [2.45, 2.75) is 64.0 Å². The van der Waals surface area contributed by atoms with E-state index in [1.54, 1.807) is 30.4 Å². The van der Waals surface area contributed by atoms with Crippen LogP contribution in [0.3, 0.4) is 0 Å². The Hall–Kier alpha value is -2.98. The Balaban J connectivity index is 1.97. The Morgan fingerprint density at radius 3 is 2.65 bits per heavy atom. The van der Waals surface area contributed by atoms with Crippen molar-refractivity contribution in [2.75, 3.05) is 20.1 Å². The van der Waals surface area contributed by atoms with Gasteiger partial charge >= 0.3 is 0 Å². The van der Waals surface area contributed by atoms with Crippen LogP contribution < -0.4 is 10.6 Å². The third-order valence-electron chi connectivity index (χ3n) is 6.46. The van der Waals surface area contributed by atoms with Crippen molar-refractivity contribution in [1.82, 2.24) is 14.9 Å². The molecule has 37 heavy (non-hydrogen) atoms. The van der Waals surface area contributed by atoms with Gasteiger partial charge in [0.15, 0.2) is 5.76 Å². The highest BCUT2D eigenvalue weighted by atomic mass is 32.2. The van der Waals surface area contributed by atoms with Gasteiger partial charge in [-0.05, 0) is 56.2 Å². The third kappa shape index (κ3) is 9.44. The van der Waals surface area contributed by atoms with Crippen molar-refractivity contribution in [3.8, 4) is 0 Å². The van der Waals surface area contributed by atoms with Crippen molar-refractivity contribution >= 4 is 38.7 Å². The lowest BCUT2D eigenvalue weighted by molar-refractivity contribution is -0.124. The number of rotatable bonds is 15. The van der Waals surface area contributed by atoms with E-state index in [1.165, 1.54) is 17.6 Å². The summed E-state index contributed by atoms with van der Waals surface area (Å²) in [6.45, 7) is 5.78. The Kier molecular flexibility index (Phi) is 12.5. The molecule has 10 heteroatoms. The molecule has 3 unspecified atom stereocenters. The largest absolute Gasteiger partial charge is 0.459 e. The maximum Gasteiger partial charge on any atom is 0.287 e. The summed E-state index contributed by atoms with van der Waals surface area (Å²) in [6, 6.07) is 2.34. The van der Waals surface area contributed by atoms with Crippen molar-refractivity contribution in [2.24, 2.45) is 10.9 Å². The number of aliphatic imine (C=N–C) groups is 1. The maximum atomic E-state index is 13.3. The minimum absolute atomic E-state index is 0.0493. The van der Waals surface area contributed by atoms with Crippen molar-refractivity contribution < 1.29 is 23.0 Å². The molecule has 204 valence electrons. The maximum absolute atomic E-state index is 13.3. The molecule has 1 saturated carbocycles. The van der Waals surface area contributed by atoms with E-state index in [-0.39, 0.29) is 29.3 Å². The van der Waals surface area contributed by atoms with Crippen LogP contribution in [0, 0.1) is 5.92 Å². The lowest BCUT2D eigenvalue weighted by Crippen LogP contribution is -2.49. The second-order valence-corrected chi connectivity index (χ2v) is 11.5. The Morgan fingerprint density at radius 1 is 1.32 bits per heavy atom. The summed E-state index contributed by atoms with van der Waals surface area (Å²) in [4.78, 5) is 41.0. The molecule has 2 N–H and O–H groups in total. The fraction of sp³-hybridized carbons (Fsp3) is 0.519. The first-order valence-electron chi connectivity index (χ1n) is 12.7. The first-order chi connectivity index (χ1) is 17.7. The molecule has 1 aromatic rings. The van der Waals surface area contributed by atoms with Crippen molar-refractivity contribution in [3.05, 3.63) is 49.0 Å². The van der Waals surface area contributed by atoms with Gasteiger partial charge in [0, 0.05) is 19.6 Å². The zero-order valence-electron chi connectivity index (χ0n) is 21.9. The summed E-state index contributed by atoms with van der Waals surface area (Å²) in [6.07, 6.45) is 13.0. The highest BCUT2D eigenvalue weighted by Crippen LogP contribution is 2.28. The van der Waals surface area contributed by atoms with Crippen LogP contribution in [0.2, 0.25) is 0 Å². The fourth-order valence-electron chi connectivity index (χ4n) is 4.49. The van der Waals surface area contributed by atoms with Crippen LogP contribution in [0.5, 0.6) is 0 Å². The molecule has 0 saturated heterocycles. The summed E-state index contributed by atoms with van der Waals surface area (Å²) < 4.78 is 20.0. The molecule has 1 aromatic heterocycles. The third-order valence-corrected chi connectivity index (χ3v) is 8.60. The SMILES string of the molecule is C=C/C=C\C(=NC)S(=C)(=O)N(CC=O)CCCC(C)NC(=O)C(CC1CCCC1)NC(=O)c1ccco1.